The molecule has 0 unspecified atom stereocenters. The maximum Gasteiger partial charge on any atom is 0.308 e. The summed E-state index contributed by atoms with van der Waals surface area (Å²) in [6.07, 6.45) is 4.59. The van der Waals surface area contributed by atoms with E-state index in [1.807, 2.05) is 0 Å². The number of amides is 1. The third kappa shape index (κ3) is 3.22. The van der Waals surface area contributed by atoms with E-state index in [2.05, 4.69) is 4.98 Å². The van der Waals surface area contributed by atoms with Crippen molar-refractivity contribution in [1.29, 1.82) is 0 Å². The summed E-state index contributed by atoms with van der Waals surface area (Å²) in [5.74, 6) is -1.67. The number of hydrogen-bond acceptors (Lipinski definition) is 3. The van der Waals surface area contributed by atoms with Crippen LogP contribution in [0, 0.1) is 5.92 Å². The van der Waals surface area contributed by atoms with Crippen LogP contribution in [0.2, 0.25) is 0 Å². The molecule has 24 heavy (non-hydrogen) atoms. The molecule has 3 rings (SSSR count). The molecule has 1 amide bonds. The van der Waals surface area contributed by atoms with Crippen LogP contribution in [0.4, 0.5) is 0 Å². The zero-order chi connectivity index (χ0) is 17.1. The predicted octanol–water partition coefficient (Wildman–Crippen LogP) is 2.18. The molecule has 124 valence electrons. The second kappa shape index (κ2) is 6.70. The molecule has 1 aromatic heterocycles. The molecule has 0 bridgehead atoms. The maximum atomic E-state index is 12.5. The van der Waals surface area contributed by atoms with Gasteiger partial charge in [-0.25, -0.2) is 0 Å². The van der Waals surface area contributed by atoms with Crippen molar-refractivity contribution in [3.05, 3.63) is 59.4 Å². The number of aliphatic carboxylic acids is 1. The molecule has 6 nitrogen and oxygen atoms in total. The van der Waals surface area contributed by atoms with E-state index in [1.54, 1.807) is 47.6 Å². The highest BCUT2D eigenvalue weighted by Crippen LogP contribution is 2.19. The third-order valence-corrected chi connectivity index (χ3v) is 4.31. The summed E-state index contributed by atoms with van der Waals surface area (Å²) in [4.78, 5) is 40.3. The van der Waals surface area contributed by atoms with E-state index in [9.17, 15) is 14.4 Å². The van der Waals surface area contributed by atoms with E-state index in [1.165, 1.54) is 0 Å². The number of nitrogens with zero attached hydrogens (tertiary/aromatic N) is 1. The number of nitrogens with one attached hydrogen (secondary N) is 1. The van der Waals surface area contributed by atoms with E-state index in [4.69, 9.17) is 5.11 Å². The lowest BCUT2D eigenvalue weighted by atomic mass is 9.97. The molecule has 2 heterocycles. The molecule has 2 aromatic rings. The zero-order valence-corrected chi connectivity index (χ0v) is 13.1. The Labute approximate surface area is 139 Å². The number of H-pyrrole nitrogens is 1. The van der Waals surface area contributed by atoms with Gasteiger partial charge in [-0.1, -0.05) is 12.1 Å². The largest absolute Gasteiger partial charge is 0.481 e. The molecule has 6 heteroatoms. The van der Waals surface area contributed by atoms with Crippen molar-refractivity contribution in [3.8, 4) is 0 Å². The molecule has 1 fully saturated rings. The number of ketones is 1. The van der Waals surface area contributed by atoms with Gasteiger partial charge in [0.1, 0.15) is 0 Å². The average molecular weight is 326 g/mol. The third-order valence-electron chi connectivity index (χ3n) is 4.31. The molecule has 1 aliphatic rings. The Morgan fingerprint density at radius 3 is 2.38 bits per heavy atom. The van der Waals surface area contributed by atoms with Gasteiger partial charge in [0.15, 0.2) is 5.78 Å². The Hall–Kier alpha value is -2.89. The number of carboxylic acids is 1. The minimum Gasteiger partial charge on any atom is -0.481 e. The monoisotopic (exact) mass is 326 g/mol. The zero-order valence-electron chi connectivity index (χ0n) is 13.1. The van der Waals surface area contributed by atoms with Gasteiger partial charge in [0.05, 0.1) is 5.92 Å². The molecule has 1 aliphatic heterocycles. The van der Waals surface area contributed by atoms with Gasteiger partial charge in [-0.15, -0.1) is 0 Å². The Bertz CT molecular complexity index is 750. The maximum absolute atomic E-state index is 12.5. The first kappa shape index (κ1) is 16.0. The van der Waals surface area contributed by atoms with Crippen LogP contribution in [0.5, 0.6) is 0 Å². The summed E-state index contributed by atoms with van der Waals surface area (Å²) in [5.41, 5.74) is 1.54. The van der Waals surface area contributed by atoms with Crippen molar-refractivity contribution in [1.82, 2.24) is 9.88 Å². The van der Waals surface area contributed by atoms with Crippen LogP contribution in [0.15, 0.2) is 42.7 Å². The number of aromatic nitrogens is 1. The molecular formula is C18H18N2O4. The topological polar surface area (TPSA) is 90.5 Å². The number of piperidine rings is 1. The van der Waals surface area contributed by atoms with E-state index < -0.39 is 11.9 Å². The lowest BCUT2D eigenvalue weighted by Gasteiger charge is -2.30. The van der Waals surface area contributed by atoms with Crippen LogP contribution >= 0.6 is 0 Å². The summed E-state index contributed by atoms with van der Waals surface area (Å²) in [6.45, 7) is 0.796. The minimum atomic E-state index is -0.861. The van der Waals surface area contributed by atoms with Gasteiger partial charge < -0.3 is 15.0 Å². The van der Waals surface area contributed by atoms with Gasteiger partial charge >= 0.3 is 5.97 Å². The summed E-state index contributed by atoms with van der Waals surface area (Å²) >= 11 is 0. The Morgan fingerprint density at radius 2 is 1.75 bits per heavy atom. The van der Waals surface area contributed by atoms with Gasteiger partial charge in [-0.2, -0.15) is 0 Å². The van der Waals surface area contributed by atoms with E-state index in [-0.39, 0.29) is 18.2 Å². The van der Waals surface area contributed by atoms with Crippen molar-refractivity contribution in [2.45, 2.75) is 12.8 Å². The van der Waals surface area contributed by atoms with E-state index in [0.717, 1.165) is 0 Å². The highest BCUT2D eigenvalue weighted by atomic mass is 16.4. The number of rotatable bonds is 4. The number of carbonyl (C=O) groups is 3. The number of carboxylic acid groups (broad SMARTS) is 1. The van der Waals surface area contributed by atoms with Crippen LogP contribution in [0.1, 0.15) is 39.1 Å². The van der Waals surface area contributed by atoms with Gasteiger partial charge in [-0.05, 0) is 31.0 Å². The SMILES string of the molecule is O=C(c1ccc(C(=O)N2CCC[C@H](C(=O)O)C2)cc1)c1cc[nH]c1. The highest BCUT2D eigenvalue weighted by Gasteiger charge is 2.28. The van der Waals surface area contributed by atoms with Crippen LogP contribution in [0.25, 0.3) is 0 Å². The van der Waals surface area contributed by atoms with Crippen molar-refractivity contribution in [2.75, 3.05) is 13.1 Å². The highest BCUT2D eigenvalue weighted by molar-refractivity contribution is 6.09. The summed E-state index contributed by atoms with van der Waals surface area (Å²) in [6, 6.07) is 8.18. The second-order valence-corrected chi connectivity index (χ2v) is 5.93. The normalized spacial score (nSPS) is 17.5. The molecular weight excluding hydrogens is 308 g/mol. The van der Waals surface area contributed by atoms with Crippen molar-refractivity contribution < 1.29 is 19.5 Å². The Balaban J connectivity index is 1.72. The molecule has 1 saturated heterocycles. The fraction of sp³-hybridized carbons (Fsp3) is 0.278. The van der Waals surface area contributed by atoms with Gasteiger partial charge in [0.25, 0.3) is 5.91 Å². The van der Waals surface area contributed by atoms with Crippen molar-refractivity contribution in [3.63, 3.8) is 0 Å². The lowest BCUT2D eigenvalue weighted by Crippen LogP contribution is -2.42. The minimum absolute atomic E-state index is 0.112. The Kier molecular flexibility index (Phi) is 4.46. The number of benzene rings is 1. The number of aromatic amines is 1. The number of carbonyl (C=O) groups excluding carboxylic acids is 2. The summed E-state index contributed by atoms with van der Waals surface area (Å²) in [7, 11) is 0. The molecule has 1 atom stereocenters. The molecule has 0 aliphatic carbocycles. The number of hydrogen-bond donors (Lipinski definition) is 2. The quantitative estimate of drug-likeness (QED) is 0.843. The van der Waals surface area contributed by atoms with Gasteiger partial charge in [0.2, 0.25) is 0 Å². The molecule has 0 spiro atoms. The lowest BCUT2D eigenvalue weighted by molar-refractivity contribution is -0.143. The standard InChI is InChI=1S/C18H18N2O4/c21-16(14-7-8-19-10-14)12-3-5-13(6-4-12)17(22)20-9-1-2-15(11-20)18(23)24/h3-8,10,15,19H,1-2,9,11H2,(H,23,24)/t15-/m0/s1. The first-order valence-electron chi connectivity index (χ1n) is 7.86. The average Bonchev–Trinajstić information content (AvgIpc) is 3.15. The van der Waals surface area contributed by atoms with E-state index in [0.29, 0.717) is 36.1 Å². The summed E-state index contributed by atoms with van der Waals surface area (Å²) in [5, 5.41) is 9.12. The summed E-state index contributed by atoms with van der Waals surface area (Å²) < 4.78 is 0. The number of likely N-dealkylation sites (tertiary alicyclic amines) is 1. The molecule has 2 N–H and O–H groups in total. The molecule has 0 radical (unpaired) electrons. The Morgan fingerprint density at radius 1 is 1.04 bits per heavy atom. The van der Waals surface area contributed by atoms with Gasteiger partial charge in [0, 0.05) is 42.2 Å². The fourth-order valence-electron chi connectivity index (χ4n) is 2.94. The van der Waals surface area contributed by atoms with Crippen molar-refractivity contribution >= 4 is 17.7 Å². The predicted molar refractivity (Wildman–Crippen MR) is 86.9 cm³/mol. The first-order chi connectivity index (χ1) is 11.6. The second-order valence-electron chi connectivity index (χ2n) is 5.93. The van der Waals surface area contributed by atoms with Crippen LogP contribution in [-0.2, 0) is 4.79 Å². The molecule has 0 saturated carbocycles. The van der Waals surface area contributed by atoms with Crippen LogP contribution < -0.4 is 0 Å². The van der Waals surface area contributed by atoms with E-state index >= 15 is 0 Å². The fourth-order valence-corrected chi connectivity index (χ4v) is 2.94. The smallest absolute Gasteiger partial charge is 0.308 e. The van der Waals surface area contributed by atoms with Crippen LogP contribution in [0.3, 0.4) is 0 Å². The molecule has 1 aromatic carbocycles. The van der Waals surface area contributed by atoms with Gasteiger partial charge in [-0.3, -0.25) is 14.4 Å². The first-order valence-corrected chi connectivity index (χ1v) is 7.86. The van der Waals surface area contributed by atoms with Crippen LogP contribution in [-0.4, -0.2) is 45.7 Å². The van der Waals surface area contributed by atoms with Crippen molar-refractivity contribution in [2.24, 2.45) is 5.92 Å².